The van der Waals surface area contributed by atoms with Gasteiger partial charge in [0.15, 0.2) is 0 Å². The minimum atomic E-state index is -0.222. The van der Waals surface area contributed by atoms with Crippen molar-refractivity contribution in [3.8, 4) is 0 Å². The lowest BCUT2D eigenvalue weighted by Gasteiger charge is -2.24. The zero-order valence-electron chi connectivity index (χ0n) is 10.1. The number of rotatable bonds is 2. The van der Waals surface area contributed by atoms with Crippen molar-refractivity contribution in [1.29, 1.82) is 0 Å². The normalized spacial score (nSPS) is 18.2. The maximum absolute atomic E-state index is 13.2. The lowest BCUT2D eigenvalue weighted by Crippen LogP contribution is -2.15. The minimum Gasteiger partial charge on any atom is -0.378 e. The Morgan fingerprint density at radius 2 is 2.21 bits per heavy atom. The molecule has 0 spiro atoms. The molecule has 0 saturated heterocycles. The molecule has 1 aliphatic carbocycles. The van der Waals surface area contributed by atoms with Crippen LogP contribution in [0.3, 0.4) is 0 Å². The number of nitrogens with one attached hydrogen (secondary N) is 1. The van der Waals surface area contributed by atoms with E-state index in [4.69, 9.17) is 0 Å². The Hall–Kier alpha value is -0.140. The summed E-state index contributed by atoms with van der Waals surface area (Å²) in [5, 5.41) is 3.53. The molecule has 1 aromatic carbocycles. The van der Waals surface area contributed by atoms with E-state index in [1.807, 2.05) is 11.3 Å². The van der Waals surface area contributed by atoms with Gasteiger partial charge in [-0.2, -0.15) is 0 Å². The summed E-state index contributed by atoms with van der Waals surface area (Å²) in [5.74, 6) is -0.222. The van der Waals surface area contributed by atoms with Crippen LogP contribution < -0.4 is 5.32 Å². The highest BCUT2D eigenvalue weighted by atomic mass is 127. The van der Waals surface area contributed by atoms with E-state index in [1.54, 1.807) is 12.1 Å². The molecule has 19 heavy (non-hydrogen) atoms. The van der Waals surface area contributed by atoms with Crippen molar-refractivity contribution in [2.75, 3.05) is 5.32 Å². The van der Waals surface area contributed by atoms with Crippen molar-refractivity contribution in [3.05, 3.63) is 47.9 Å². The summed E-state index contributed by atoms with van der Waals surface area (Å²) >= 11 is 7.51. The van der Waals surface area contributed by atoms with Gasteiger partial charge in [-0.15, -0.1) is 11.3 Å². The molecule has 0 aliphatic heterocycles. The summed E-state index contributed by atoms with van der Waals surface area (Å²) in [6, 6.07) is 7.72. The van der Waals surface area contributed by atoms with Crippen LogP contribution in [-0.2, 0) is 6.42 Å². The molecule has 1 aromatic heterocycles. The second-order valence-corrected chi connectivity index (χ2v) is 8.53. The van der Waals surface area contributed by atoms with E-state index in [9.17, 15) is 4.39 Å². The van der Waals surface area contributed by atoms with Gasteiger partial charge in [-0.1, -0.05) is 0 Å². The average Bonchev–Trinajstić information content (AvgIpc) is 2.75. The monoisotopic (exact) mass is 451 g/mol. The predicted octanol–water partition coefficient (Wildman–Crippen LogP) is 5.74. The lowest BCUT2D eigenvalue weighted by atomic mass is 9.94. The van der Waals surface area contributed by atoms with Gasteiger partial charge < -0.3 is 5.32 Å². The van der Waals surface area contributed by atoms with Gasteiger partial charge in [0.2, 0.25) is 0 Å². The molecule has 2 aromatic rings. The van der Waals surface area contributed by atoms with Crippen LogP contribution in [-0.4, -0.2) is 0 Å². The van der Waals surface area contributed by atoms with Crippen LogP contribution in [0.25, 0.3) is 0 Å². The number of halogens is 3. The molecular weight excluding hydrogens is 440 g/mol. The maximum Gasteiger partial charge on any atom is 0.137 e. The number of fused-ring (bicyclic) bond motifs is 1. The zero-order valence-corrected chi connectivity index (χ0v) is 14.6. The third-order valence-corrected chi connectivity index (χ3v) is 5.92. The van der Waals surface area contributed by atoms with E-state index < -0.39 is 0 Å². The van der Waals surface area contributed by atoms with Crippen LogP contribution in [0.4, 0.5) is 10.1 Å². The molecule has 0 radical (unpaired) electrons. The second kappa shape index (κ2) is 5.69. The number of anilines is 1. The standard InChI is InChI=1S/C14H12BrFINS/c15-10-6-8(4-5-11(10)16)18-12-2-1-3-13-9(12)7-14(17)19-13/h4-7,12,18H,1-3H2. The maximum atomic E-state index is 13.2. The first-order valence-electron chi connectivity index (χ1n) is 6.13. The topological polar surface area (TPSA) is 12.0 Å². The van der Waals surface area contributed by atoms with E-state index in [2.05, 4.69) is 49.9 Å². The number of hydrogen-bond acceptors (Lipinski definition) is 2. The first-order chi connectivity index (χ1) is 9.13. The summed E-state index contributed by atoms with van der Waals surface area (Å²) in [6.07, 6.45) is 3.53. The Morgan fingerprint density at radius 3 is 3.00 bits per heavy atom. The molecule has 0 saturated carbocycles. The fraction of sp³-hybridized carbons (Fsp3) is 0.286. The highest BCUT2D eigenvalue weighted by molar-refractivity contribution is 14.1. The molecule has 1 unspecified atom stereocenters. The summed E-state index contributed by atoms with van der Waals surface area (Å²) in [4.78, 5) is 1.49. The number of hydrogen-bond donors (Lipinski definition) is 1. The molecular formula is C14H12BrFINS. The van der Waals surface area contributed by atoms with Crippen molar-refractivity contribution in [1.82, 2.24) is 0 Å². The van der Waals surface area contributed by atoms with Crippen LogP contribution in [0.2, 0.25) is 0 Å². The minimum absolute atomic E-state index is 0.222. The molecule has 100 valence electrons. The number of thiophene rings is 1. The third-order valence-electron chi connectivity index (χ3n) is 3.34. The van der Waals surface area contributed by atoms with Gasteiger partial charge in [0.25, 0.3) is 0 Å². The molecule has 5 heteroatoms. The van der Waals surface area contributed by atoms with Crippen molar-refractivity contribution in [2.45, 2.75) is 25.3 Å². The van der Waals surface area contributed by atoms with E-state index in [0.29, 0.717) is 10.5 Å². The van der Waals surface area contributed by atoms with E-state index in [-0.39, 0.29) is 5.82 Å². The molecule has 1 heterocycles. The predicted molar refractivity (Wildman–Crippen MR) is 90.4 cm³/mol. The third kappa shape index (κ3) is 2.97. The van der Waals surface area contributed by atoms with Crippen LogP contribution in [0.1, 0.15) is 29.3 Å². The molecule has 1 atom stereocenters. The van der Waals surface area contributed by atoms with Gasteiger partial charge in [-0.25, -0.2) is 4.39 Å². The van der Waals surface area contributed by atoms with Gasteiger partial charge in [-0.05, 0) is 87.6 Å². The largest absolute Gasteiger partial charge is 0.378 e. The fourth-order valence-corrected chi connectivity index (χ4v) is 4.96. The van der Waals surface area contributed by atoms with Crippen LogP contribution in [0.5, 0.6) is 0 Å². The van der Waals surface area contributed by atoms with E-state index in [0.717, 1.165) is 12.1 Å². The van der Waals surface area contributed by atoms with Crippen molar-refractivity contribution in [2.24, 2.45) is 0 Å². The second-order valence-electron chi connectivity index (χ2n) is 4.65. The first kappa shape index (κ1) is 13.8. The smallest absolute Gasteiger partial charge is 0.137 e. The SMILES string of the molecule is Fc1ccc(NC2CCCc3sc(I)cc32)cc1Br. The van der Waals surface area contributed by atoms with E-state index in [1.165, 1.54) is 32.2 Å². The zero-order chi connectivity index (χ0) is 13.4. The van der Waals surface area contributed by atoms with Gasteiger partial charge >= 0.3 is 0 Å². The van der Waals surface area contributed by atoms with Gasteiger partial charge in [0.1, 0.15) is 5.82 Å². The van der Waals surface area contributed by atoms with Crippen molar-refractivity contribution in [3.63, 3.8) is 0 Å². The van der Waals surface area contributed by atoms with Crippen LogP contribution in [0, 0.1) is 8.70 Å². The van der Waals surface area contributed by atoms with Gasteiger partial charge in [0.05, 0.1) is 13.4 Å². The Bertz CT molecular complexity index is 613. The molecule has 1 aliphatic rings. The molecule has 0 bridgehead atoms. The Labute approximate surface area is 137 Å². The Morgan fingerprint density at radius 1 is 1.37 bits per heavy atom. The summed E-state index contributed by atoms with van der Waals surface area (Å²) in [7, 11) is 0. The van der Waals surface area contributed by atoms with Crippen LogP contribution in [0.15, 0.2) is 28.7 Å². The highest BCUT2D eigenvalue weighted by Gasteiger charge is 2.22. The van der Waals surface area contributed by atoms with Crippen molar-refractivity contribution < 1.29 is 4.39 Å². The van der Waals surface area contributed by atoms with Gasteiger partial charge in [-0.3, -0.25) is 0 Å². The average molecular weight is 452 g/mol. The Balaban J connectivity index is 1.86. The molecule has 0 amide bonds. The summed E-state index contributed by atoms with van der Waals surface area (Å²) in [5.41, 5.74) is 2.38. The summed E-state index contributed by atoms with van der Waals surface area (Å²) < 4.78 is 15.1. The van der Waals surface area contributed by atoms with Crippen LogP contribution >= 0.6 is 49.9 Å². The van der Waals surface area contributed by atoms with Gasteiger partial charge in [0, 0.05) is 10.6 Å². The molecule has 1 nitrogen and oxygen atoms in total. The van der Waals surface area contributed by atoms with Crippen molar-refractivity contribution >= 4 is 55.5 Å². The fourth-order valence-electron chi connectivity index (χ4n) is 2.46. The summed E-state index contributed by atoms with van der Waals surface area (Å²) in [6.45, 7) is 0. The quantitative estimate of drug-likeness (QED) is 0.573. The Kier molecular flexibility index (Phi) is 4.14. The number of benzene rings is 1. The number of aryl methyl sites for hydroxylation is 1. The molecule has 3 rings (SSSR count). The van der Waals surface area contributed by atoms with E-state index >= 15 is 0 Å². The lowest BCUT2D eigenvalue weighted by molar-refractivity contribution is 0.606. The highest BCUT2D eigenvalue weighted by Crippen LogP contribution is 2.38. The first-order valence-corrected chi connectivity index (χ1v) is 8.82. The molecule has 1 N–H and O–H groups in total. The molecule has 0 fully saturated rings.